The van der Waals surface area contributed by atoms with Gasteiger partial charge >= 0.3 is 0 Å². The van der Waals surface area contributed by atoms with Crippen molar-refractivity contribution in [2.45, 2.75) is 12.8 Å². The summed E-state index contributed by atoms with van der Waals surface area (Å²) in [5.74, 6) is -2.27. The highest BCUT2D eigenvalue weighted by molar-refractivity contribution is 6.33. The zero-order valence-corrected chi connectivity index (χ0v) is 14.6. The van der Waals surface area contributed by atoms with Crippen molar-refractivity contribution in [3.05, 3.63) is 64.7 Å². The molecule has 0 spiro atoms. The fourth-order valence-corrected chi connectivity index (χ4v) is 3.25. The van der Waals surface area contributed by atoms with E-state index in [4.69, 9.17) is 11.6 Å². The lowest BCUT2D eigenvalue weighted by molar-refractivity contribution is -0.121. The van der Waals surface area contributed by atoms with Gasteiger partial charge in [-0.05, 0) is 37.1 Å². The maximum absolute atomic E-state index is 13.9. The van der Waals surface area contributed by atoms with Crippen molar-refractivity contribution in [3.63, 3.8) is 0 Å². The van der Waals surface area contributed by atoms with Gasteiger partial charge in [0, 0.05) is 19.0 Å². The number of rotatable bonds is 3. The number of nitrogens with zero attached hydrogens (tertiary/aromatic N) is 1. The van der Waals surface area contributed by atoms with Crippen LogP contribution in [0.4, 0.5) is 14.5 Å². The number of para-hydroxylation sites is 1. The van der Waals surface area contributed by atoms with Gasteiger partial charge in [-0.3, -0.25) is 9.59 Å². The lowest BCUT2D eigenvalue weighted by Crippen LogP contribution is -2.41. The highest BCUT2D eigenvalue weighted by Gasteiger charge is 2.30. The Labute approximate surface area is 154 Å². The minimum atomic E-state index is -0.665. The summed E-state index contributed by atoms with van der Waals surface area (Å²) in [6.45, 7) is 0.609. The zero-order valence-electron chi connectivity index (χ0n) is 13.8. The molecule has 1 aliphatic heterocycles. The Balaban J connectivity index is 1.61. The fraction of sp³-hybridized carbons (Fsp3) is 0.263. The molecule has 1 saturated heterocycles. The molecule has 136 valence electrons. The number of halogens is 3. The molecule has 1 aliphatic rings. The van der Waals surface area contributed by atoms with Crippen molar-refractivity contribution in [3.8, 4) is 0 Å². The van der Waals surface area contributed by atoms with E-state index in [1.165, 1.54) is 35.2 Å². The second kappa shape index (κ2) is 7.83. The molecule has 0 aliphatic carbocycles. The maximum atomic E-state index is 13.9. The van der Waals surface area contributed by atoms with E-state index in [9.17, 15) is 18.4 Å². The molecular formula is C19H17ClF2N2O2. The summed E-state index contributed by atoms with van der Waals surface area (Å²) in [5.41, 5.74) is -0.0161. The number of anilines is 1. The third-order valence-electron chi connectivity index (χ3n) is 4.46. The molecule has 0 radical (unpaired) electrons. The average Bonchev–Trinajstić information content (AvgIpc) is 2.63. The number of piperidine rings is 1. The number of hydrogen-bond acceptors (Lipinski definition) is 2. The van der Waals surface area contributed by atoms with E-state index in [0.29, 0.717) is 25.9 Å². The van der Waals surface area contributed by atoms with Crippen LogP contribution in [0.25, 0.3) is 0 Å². The Morgan fingerprint density at radius 2 is 1.65 bits per heavy atom. The highest BCUT2D eigenvalue weighted by Crippen LogP contribution is 2.25. The van der Waals surface area contributed by atoms with Crippen LogP contribution in [0, 0.1) is 17.6 Å². The van der Waals surface area contributed by atoms with E-state index in [1.807, 2.05) is 0 Å². The summed E-state index contributed by atoms with van der Waals surface area (Å²) in [4.78, 5) is 26.3. The van der Waals surface area contributed by atoms with Crippen LogP contribution in [-0.4, -0.2) is 29.8 Å². The van der Waals surface area contributed by atoms with Crippen LogP contribution in [0.5, 0.6) is 0 Å². The molecule has 2 amide bonds. The van der Waals surface area contributed by atoms with Crippen LogP contribution >= 0.6 is 11.6 Å². The van der Waals surface area contributed by atoms with E-state index >= 15 is 0 Å². The molecule has 3 rings (SSSR count). The second-order valence-corrected chi connectivity index (χ2v) is 6.54. The monoisotopic (exact) mass is 378 g/mol. The molecule has 0 saturated carbocycles. The highest BCUT2D eigenvalue weighted by atomic mass is 35.5. The van der Waals surface area contributed by atoms with Gasteiger partial charge in [-0.2, -0.15) is 0 Å². The molecule has 2 aromatic rings. The molecule has 0 bridgehead atoms. The molecule has 1 N–H and O–H groups in total. The Morgan fingerprint density at radius 1 is 1.00 bits per heavy atom. The molecule has 1 heterocycles. The van der Waals surface area contributed by atoms with Crippen molar-refractivity contribution >= 4 is 29.1 Å². The molecule has 7 heteroatoms. The van der Waals surface area contributed by atoms with E-state index in [0.717, 1.165) is 0 Å². The van der Waals surface area contributed by atoms with Crippen LogP contribution in [0.2, 0.25) is 5.02 Å². The predicted octanol–water partition coefficient (Wildman–Crippen LogP) is 4.11. The Hall–Kier alpha value is -2.47. The Bertz CT molecular complexity index is 816. The summed E-state index contributed by atoms with van der Waals surface area (Å²) >= 11 is 5.94. The first-order chi connectivity index (χ1) is 12.5. The number of amides is 2. The topological polar surface area (TPSA) is 49.4 Å². The van der Waals surface area contributed by atoms with Crippen molar-refractivity contribution in [1.29, 1.82) is 0 Å². The predicted molar refractivity (Wildman–Crippen MR) is 95.1 cm³/mol. The largest absolute Gasteiger partial charge is 0.338 e. The first-order valence-corrected chi connectivity index (χ1v) is 8.64. The van der Waals surface area contributed by atoms with Gasteiger partial charge in [-0.1, -0.05) is 29.8 Å². The normalized spacial score (nSPS) is 15.0. The Morgan fingerprint density at radius 3 is 2.31 bits per heavy atom. The third kappa shape index (κ3) is 3.85. The van der Waals surface area contributed by atoms with Gasteiger partial charge < -0.3 is 10.2 Å². The fourth-order valence-electron chi connectivity index (χ4n) is 3.00. The molecule has 0 atom stereocenters. The minimum absolute atomic E-state index is 0.0643. The molecule has 0 aromatic heterocycles. The van der Waals surface area contributed by atoms with Gasteiger partial charge in [0.25, 0.3) is 5.91 Å². The summed E-state index contributed by atoms with van der Waals surface area (Å²) in [6.07, 6.45) is 0.830. The van der Waals surface area contributed by atoms with Crippen LogP contribution in [0.15, 0.2) is 42.5 Å². The third-order valence-corrected chi connectivity index (χ3v) is 4.78. The SMILES string of the molecule is O=C(Nc1ccccc1F)C1CCN(C(=O)c2c(F)cccc2Cl)CC1. The van der Waals surface area contributed by atoms with Gasteiger partial charge in [0.2, 0.25) is 5.91 Å². The molecule has 1 fully saturated rings. The summed E-state index contributed by atoms with van der Waals surface area (Å²) in [5, 5.41) is 2.64. The summed E-state index contributed by atoms with van der Waals surface area (Å²) < 4.78 is 27.5. The number of benzene rings is 2. The van der Waals surface area contributed by atoms with Crippen LogP contribution in [-0.2, 0) is 4.79 Å². The maximum Gasteiger partial charge on any atom is 0.258 e. The van der Waals surface area contributed by atoms with Crippen LogP contribution in [0.3, 0.4) is 0 Å². The van der Waals surface area contributed by atoms with Gasteiger partial charge in [-0.15, -0.1) is 0 Å². The lowest BCUT2D eigenvalue weighted by atomic mass is 9.95. The Kier molecular flexibility index (Phi) is 5.52. The minimum Gasteiger partial charge on any atom is -0.338 e. The van der Waals surface area contributed by atoms with Gasteiger partial charge in [0.15, 0.2) is 0 Å². The number of likely N-dealkylation sites (tertiary alicyclic amines) is 1. The summed E-state index contributed by atoms with van der Waals surface area (Å²) in [6, 6.07) is 10.0. The van der Waals surface area contributed by atoms with E-state index in [2.05, 4.69) is 5.32 Å². The first-order valence-electron chi connectivity index (χ1n) is 8.26. The van der Waals surface area contributed by atoms with E-state index in [1.54, 1.807) is 12.1 Å². The number of nitrogens with one attached hydrogen (secondary N) is 1. The smallest absolute Gasteiger partial charge is 0.258 e. The molecule has 2 aromatic carbocycles. The van der Waals surface area contributed by atoms with Crippen LogP contribution in [0.1, 0.15) is 23.2 Å². The zero-order chi connectivity index (χ0) is 18.7. The first kappa shape index (κ1) is 18.3. The summed E-state index contributed by atoms with van der Waals surface area (Å²) in [7, 11) is 0. The number of carbonyl (C=O) groups is 2. The van der Waals surface area contributed by atoms with Crippen molar-refractivity contribution in [2.24, 2.45) is 5.92 Å². The molecule has 0 unspecified atom stereocenters. The average molecular weight is 379 g/mol. The standard InChI is InChI=1S/C19H17ClF2N2O2/c20-13-4-3-6-15(22)17(13)19(26)24-10-8-12(9-11-24)18(25)23-16-7-2-1-5-14(16)21/h1-7,12H,8-11H2,(H,23,25). The molecule has 4 nitrogen and oxygen atoms in total. The van der Waals surface area contributed by atoms with E-state index in [-0.39, 0.29) is 28.1 Å². The van der Waals surface area contributed by atoms with Crippen molar-refractivity contribution in [2.75, 3.05) is 18.4 Å². The van der Waals surface area contributed by atoms with Crippen LogP contribution < -0.4 is 5.32 Å². The van der Waals surface area contributed by atoms with Crippen molar-refractivity contribution in [1.82, 2.24) is 4.90 Å². The molecular weight excluding hydrogens is 362 g/mol. The number of hydrogen-bond donors (Lipinski definition) is 1. The van der Waals surface area contributed by atoms with Gasteiger partial charge in [0.1, 0.15) is 11.6 Å². The number of carbonyl (C=O) groups excluding carboxylic acids is 2. The second-order valence-electron chi connectivity index (χ2n) is 6.13. The van der Waals surface area contributed by atoms with Gasteiger partial charge in [-0.25, -0.2) is 8.78 Å². The lowest BCUT2D eigenvalue weighted by Gasteiger charge is -2.31. The molecule has 26 heavy (non-hydrogen) atoms. The van der Waals surface area contributed by atoms with Crippen molar-refractivity contribution < 1.29 is 18.4 Å². The van der Waals surface area contributed by atoms with Gasteiger partial charge in [0.05, 0.1) is 16.3 Å². The van der Waals surface area contributed by atoms with E-state index < -0.39 is 17.5 Å². The quantitative estimate of drug-likeness (QED) is 0.873.